The van der Waals surface area contributed by atoms with E-state index in [0.717, 1.165) is 37.4 Å². The average Bonchev–Trinajstić information content (AvgIpc) is 3.05. The quantitative estimate of drug-likeness (QED) is 0.546. The Morgan fingerprint density at radius 1 is 1.03 bits per heavy atom. The van der Waals surface area contributed by atoms with Gasteiger partial charge in [0, 0.05) is 11.3 Å². The fraction of sp³-hybridized carbons (Fsp3) is 0.375. The molecule has 0 spiro atoms. The van der Waals surface area contributed by atoms with Gasteiger partial charge in [-0.1, -0.05) is 37.3 Å². The molecule has 3 amide bonds. The molecule has 0 saturated carbocycles. The Morgan fingerprint density at radius 2 is 1.68 bits per heavy atom. The number of ketones is 1. The number of anilines is 1. The van der Waals surface area contributed by atoms with Crippen molar-refractivity contribution in [1.29, 1.82) is 0 Å². The molecule has 2 N–H and O–H groups in total. The van der Waals surface area contributed by atoms with E-state index in [2.05, 4.69) is 10.2 Å². The van der Waals surface area contributed by atoms with Crippen LogP contribution in [0.3, 0.4) is 0 Å². The summed E-state index contributed by atoms with van der Waals surface area (Å²) in [6.45, 7) is 7.18. The highest BCUT2D eigenvalue weighted by atomic mass is 16.2. The fourth-order valence-corrected chi connectivity index (χ4v) is 4.50. The minimum absolute atomic E-state index is 0.0630. The number of benzene rings is 2. The Labute approximate surface area is 182 Å². The Balaban J connectivity index is 1.40. The van der Waals surface area contributed by atoms with Gasteiger partial charge in [-0.2, -0.15) is 0 Å². The van der Waals surface area contributed by atoms with E-state index in [-0.39, 0.29) is 17.7 Å². The Hall–Kier alpha value is -3.19. The predicted octanol–water partition coefficient (Wildman–Crippen LogP) is 1.41. The highest BCUT2D eigenvalue weighted by Gasteiger charge is 2.52. The minimum atomic E-state index is -0.974. The number of carbonyl (C=O) groups excluding carboxylic acids is 3. The number of hydrogen-bond acceptors (Lipinski definition) is 4. The van der Waals surface area contributed by atoms with Gasteiger partial charge >= 0.3 is 6.03 Å². The molecule has 162 valence electrons. The molecule has 2 saturated heterocycles. The monoisotopic (exact) mass is 421 g/mol. The van der Waals surface area contributed by atoms with E-state index in [4.69, 9.17) is 0 Å². The van der Waals surface area contributed by atoms with Crippen LogP contribution in [0.25, 0.3) is 0 Å². The first kappa shape index (κ1) is 21.1. The molecule has 2 aromatic rings. The summed E-state index contributed by atoms with van der Waals surface area (Å²) in [7, 11) is 0. The van der Waals surface area contributed by atoms with Gasteiger partial charge in [0.05, 0.1) is 26.2 Å². The maximum absolute atomic E-state index is 13.3. The number of rotatable bonds is 6. The van der Waals surface area contributed by atoms with Crippen LogP contribution in [0.4, 0.5) is 10.5 Å². The third-order valence-corrected chi connectivity index (χ3v) is 6.46. The number of nitrogens with zero attached hydrogens (tertiary/aromatic N) is 2. The van der Waals surface area contributed by atoms with Gasteiger partial charge in [-0.3, -0.25) is 9.59 Å². The molecule has 0 unspecified atom stereocenters. The van der Waals surface area contributed by atoms with E-state index in [1.165, 1.54) is 9.80 Å². The second kappa shape index (κ2) is 8.51. The summed E-state index contributed by atoms with van der Waals surface area (Å²) < 4.78 is 0. The number of carbonyl (C=O) groups is 3. The Morgan fingerprint density at radius 3 is 2.26 bits per heavy atom. The van der Waals surface area contributed by atoms with Crippen molar-refractivity contribution in [2.75, 3.05) is 37.7 Å². The lowest BCUT2D eigenvalue weighted by atomic mass is 9.87. The fourth-order valence-electron chi connectivity index (χ4n) is 4.50. The molecule has 0 aliphatic carbocycles. The highest BCUT2D eigenvalue weighted by molar-refractivity contribution is 6.07. The van der Waals surface area contributed by atoms with Crippen molar-refractivity contribution < 1.29 is 19.3 Å². The van der Waals surface area contributed by atoms with Crippen molar-refractivity contribution in [2.45, 2.75) is 25.8 Å². The van der Waals surface area contributed by atoms with Crippen molar-refractivity contribution in [3.8, 4) is 0 Å². The minimum Gasteiger partial charge on any atom is -0.360 e. The van der Waals surface area contributed by atoms with Crippen LogP contribution < -0.4 is 15.1 Å². The molecule has 31 heavy (non-hydrogen) atoms. The molecular formula is C24H29N4O3+. The number of Topliss-reactive ketones (excluding diaryl/α,β-unsaturated/α-hetero) is 1. The molecule has 7 nitrogen and oxygen atoms in total. The molecule has 1 atom stereocenters. The van der Waals surface area contributed by atoms with Crippen molar-refractivity contribution in [1.82, 2.24) is 10.2 Å². The van der Waals surface area contributed by atoms with Crippen molar-refractivity contribution in [3.63, 3.8) is 0 Å². The van der Waals surface area contributed by atoms with Crippen molar-refractivity contribution in [3.05, 3.63) is 65.7 Å². The lowest BCUT2D eigenvalue weighted by Gasteiger charge is -2.35. The van der Waals surface area contributed by atoms with Crippen LogP contribution in [0.5, 0.6) is 0 Å². The standard InChI is InChI=1S/C24H28N4O3/c1-3-24(20-7-5-4-6-8-20)22(30)28(23(31)25-24)17-26-13-15-27(16-14-26)21-11-9-19(10-12-21)18(2)29/h4-12H,3,13-17H2,1-2H3,(H,25,31)/p+1/t24-/m1/s1. The van der Waals surface area contributed by atoms with Gasteiger partial charge in [-0.15, -0.1) is 0 Å². The van der Waals surface area contributed by atoms with Crippen LogP contribution in [0, 0.1) is 0 Å². The van der Waals surface area contributed by atoms with Gasteiger partial charge in [-0.05, 0) is 43.2 Å². The summed E-state index contributed by atoms with van der Waals surface area (Å²) >= 11 is 0. The maximum atomic E-state index is 13.3. The third kappa shape index (κ3) is 3.93. The summed E-state index contributed by atoms with van der Waals surface area (Å²) in [4.78, 5) is 42.4. The predicted molar refractivity (Wildman–Crippen MR) is 118 cm³/mol. The number of piperazine rings is 1. The molecule has 2 fully saturated rings. The molecule has 4 rings (SSSR count). The number of urea groups is 1. The summed E-state index contributed by atoms with van der Waals surface area (Å²) in [5.41, 5.74) is 1.66. The molecule has 2 heterocycles. The van der Waals surface area contributed by atoms with Crippen LogP contribution in [0.15, 0.2) is 54.6 Å². The third-order valence-electron chi connectivity index (χ3n) is 6.46. The highest BCUT2D eigenvalue weighted by Crippen LogP contribution is 2.31. The van der Waals surface area contributed by atoms with E-state index in [9.17, 15) is 14.4 Å². The lowest BCUT2D eigenvalue weighted by Crippen LogP contribution is -3.16. The Kier molecular flexibility index (Phi) is 5.78. The molecule has 0 bridgehead atoms. The van der Waals surface area contributed by atoms with Gasteiger partial charge < -0.3 is 15.1 Å². The van der Waals surface area contributed by atoms with E-state index in [0.29, 0.717) is 18.7 Å². The second-order valence-corrected chi connectivity index (χ2v) is 8.29. The summed E-state index contributed by atoms with van der Waals surface area (Å²) in [6.07, 6.45) is 0.511. The van der Waals surface area contributed by atoms with E-state index in [1.54, 1.807) is 6.92 Å². The van der Waals surface area contributed by atoms with Gasteiger partial charge in [0.15, 0.2) is 12.5 Å². The van der Waals surface area contributed by atoms with Crippen LogP contribution in [-0.4, -0.2) is 55.5 Å². The first-order valence-electron chi connectivity index (χ1n) is 10.8. The Bertz CT molecular complexity index is 968. The molecule has 2 aromatic carbocycles. The lowest BCUT2D eigenvalue weighted by molar-refractivity contribution is -0.907. The molecule has 2 aliphatic rings. The van der Waals surface area contributed by atoms with Crippen LogP contribution in [0.2, 0.25) is 0 Å². The largest absolute Gasteiger partial charge is 0.360 e. The van der Waals surface area contributed by atoms with Crippen LogP contribution in [0.1, 0.15) is 36.2 Å². The number of quaternary nitrogens is 1. The van der Waals surface area contributed by atoms with E-state index < -0.39 is 5.54 Å². The van der Waals surface area contributed by atoms with Crippen molar-refractivity contribution >= 4 is 23.4 Å². The molecular weight excluding hydrogens is 392 g/mol. The number of hydrogen-bond donors (Lipinski definition) is 2. The van der Waals surface area contributed by atoms with Gasteiger partial charge in [-0.25, -0.2) is 9.69 Å². The molecule has 2 aliphatic heterocycles. The van der Waals surface area contributed by atoms with Crippen LogP contribution >= 0.6 is 0 Å². The average molecular weight is 422 g/mol. The maximum Gasteiger partial charge on any atom is 0.329 e. The van der Waals surface area contributed by atoms with Gasteiger partial charge in [0.25, 0.3) is 5.91 Å². The number of nitrogens with one attached hydrogen (secondary N) is 2. The van der Waals surface area contributed by atoms with E-state index >= 15 is 0 Å². The van der Waals surface area contributed by atoms with Gasteiger partial charge in [0.2, 0.25) is 0 Å². The summed E-state index contributed by atoms with van der Waals surface area (Å²) in [6, 6.07) is 16.8. The summed E-state index contributed by atoms with van der Waals surface area (Å²) in [5.74, 6) is -0.103. The topological polar surface area (TPSA) is 74.2 Å². The zero-order valence-corrected chi connectivity index (χ0v) is 18.1. The summed E-state index contributed by atoms with van der Waals surface area (Å²) in [5, 5.41) is 2.96. The first-order chi connectivity index (χ1) is 14.9. The molecule has 0 aromatic heterocycles. The van der Waals surface area contributed by atoms with Crippen LogP contribution in [-0.2, 0) is 10.3 Å². The van der Waals surface area contributed by atoms with Gasteiger partial charge in [0.1, 0.15) is 5.54 Å². The second-order valence-electron chi connectivity index (χ2n) is 8.29. The van der Waals surface area contributed by atoms with E-state index in [1.807, 2.05) is 61.5 Å². The smallest absolute Gasteiger partial charge is 0.329 e. The molecule has 7 heteroatoms. The number of imide groups is 1. The number of amides is 3. The molecule has 0 radical (unpaired) electrons. The first-order valence-corrected chi connectivity index (χ1v) is 10.8. The SMILES string of the molecule is CC[C@]1(c2ccccc2)NC(=O)N(C[NH+]2CCN(c3ccc(C(C)=O)cc3)CC2)C1=O. The zero-order valence-electron chi connectivity index (χ0n) is 18.1. The zero-order chi connectivity index (χ0) is 22.0. The normalized spacial score (nSPS) is 22.0. The van der Waals surface area contributed by atoms with Crippen molar-refractivity contribution in [2.24, 2.45) is 0 Å².